The number of benzene rings is 2. The molecule has 0 amide bonds. The van der Waals surface area contributed by atoms with Crippen molar-refractivity contribution in [3.05, 3.63) is 66.3 Å². The quantitative estimate of drug-likeness (QED) is 0.547. The van der Waals surface area contributed by atoms with E-state index in [-0.39, 0.29) is 11.5 Å². The maximum absolute atomic E-state index is 10.6. The summed E-state index contributed by atoms with van der Waals surface area (Å²) in [6.07, 6.45) is 4.61. The highest BCUT2D eigenvalue weighted by molar-refractivity contribution is 7.80. The standard InChI is InChI=1S/C19H20O2S/c1-4-6-14-11-13(8-9-17(14)20)16-10-12(3)19(22)15(7-5-2)18(16)21/h4-5,8-11,20-22H,1-2,6-7H2,3H3. The van der Waals surface area contributed by atoms with Crippen LogP contribution in [0, 0.1) is 6.92 Å². The van der Waals surface area contributed by atoms with Gasteiger partial charge in [0.15, 0.2) is 0 Å². The molecule has 0 aliphatic rings. The summed E-state index contributed by atoms with van der Waals surface area (Å²) < 4.78 is 0. The van der Waals surface area contributed by atoms with E-state index in [0.717, 1.165) is 32.7 Å². The monoisotopic (exact) mass is 312 g/mol. The third-order valence-corrected chi connectivity index (χ3v) is 4.29. The summed E-state index contributed by atoms with van der Waals surface area (Å²) in [6, 6.07) is 7.23. The summed E-state index contributed by atoms with van der Waals surface area (Å²) in [7, 11) is 0. The predicted molar refractivity (Wildman–Crippen MR) is 95.0 cm³/mol. The number of phenolic OH excluding ortho intramolecular Hbond substituents is 2. The van der Waals surface area contributed by atoms with E-state index in [0.29, 0.717) is 12.8 Å². The highest BCUT2D eigenvalue weighted by Crippen LogP contribution is 2.39. The molecule has 0 unspecified atom stereocenters. The molecule has 3 heteroatoms. The maximum atomic E-state index is 10.6. The van der Waals surface area contributed by atoms with Crippen LogP contribution in [-0.4, -0.2) is 10.2 Å². The van der Waals surface area contributed by atoms with Crippen molar-refractivity contribution < 1.29 is 10.2 Å². The molecule has 114 valence electrons. The Kier molecular flexibility index (Phi) is 4.99. The zero-order chi connectivity index (χ0) is 16.3. The van der Waals surface area contributed by atoms with E-state index >= 15 is 0 Å². The Morgan fingerprint density at radius 3 is 2.41 bits per heavy atom. The molecule has 0 atom stereocenters. The molecule has 22 heavy (non-hydrogen) atoms. The van der Waals surface area contributed by atoms with Crippen LogP contribution in [0.5, 0.6) is 11.5 Å². The smallest absolute Gasteiger partial charge is 0.128 e. The van der Waals surface area contributed by atoms with E-state index in [1.165, 1.54) is 0 Å². The van der Waals surface area contributed by atoms with Gasteiger partial charge in [-0.1, -0.05) is 18.2 Å². The van der Waals surface area contributed by atoms with Crippen LogP contribution in [-0.2, 0) is 12.8 Å². The number of aryl methyl sites for hydroxylation is 1. The Bertz CT molecular complexity index is 733. The van der Waals surface area contributed by atoms with Gasteiger partial charge in [0.05, 0.1) is 0 Å². The molecular formula is C19H20O2S. The van der Waals surface area contributed by atoms with Gasteiger partial charge in [-0.25, -0.2) is 0 Å². The van der Waals surface area contributed by atoms with Crippen molar-refractivity contribution >= 4 is 12.6 Å². The van der Waals surface area contributed by atoms with E-state index < -0.39 is 0 Å². The molecule has 2 rings (SSSR count). The van der Waals surface area contributed by atoms with Crippen molar-refractivity contribution in [2.24, 2.45) is 0 Å². The molecular weight excluding hydrogens is 292 g/mol. The van der Waals surface area contributed by atoms with Gasteiger partial charge in [-0.05, 0) is 54.7 Å². The Hall–Kier alpha value is -2.13. The lowest BCUT2D eigenvalue weighted by molar-refractivity contribution is 0.467. The highest BCUT2D eigenvalue weighted by atomic mass is 32.1. The van der Waals surface area contributed by atoms with E-state index in [4.69, 9.17) is 0 Å². The van der Waals surface area contributed by atoms with Crippen LogP contribution in [0.2, 0.25) is 0 Å². The first-order valence-corrected chi connectivity index (χ1v) is 7.52. The molecule has 0 radical (unpaired) electrons. The fraction of sp³-hybridized carbons (Fsp3) is 0.158. The van der Waals surface area contributed by atoms with Crippen LogP contribution in [0.4, 0.5) is 0 Å². The van der Waals surface area contributed by atoms with Crippen molar-refractivity contribution in [1.82, 2.24) is 0 Å². The third kappa shape index (κ3) is 3.04. The van der Waals surface area contributed by atoms with Crippen LogP contribution < -0.4 is 0 Å². The molecule has 2 nitrogen and oxygen atoms in total. The first-order chi connectivity index (χ1) is 10.5. The Morgan fingerprint density at radius 1 is 1.09 bits per heavy atom. The largest absolute Gasteiger partial charge is 0.508 e. The molecule has 0 aliphatic carbocycles. The second-order valence-corrected chi connectivity index (χ2v) is 5.69. The lowest BCUT2D eigenvalue weighted by Gasteiger charge is -2.15. The van der Waals surface area contributed by atoms with Gasteiger partial charge >= 0.3 is 0 Å². The molecule has 0 aliphatic heterocycles. The van der Waals surface area contributed by atoms with Gasteiger partial charge in [-0.15, -0.1) is 25.8 Å². The highest BCUT2D eigenvalue weighted by Gasteiger charge is 2.15. The van der Waals surface area contributed by atoms with Gasteiger partial charge in [0.2, 0.25) is 0 Å². The van der Waals surface area contributed by atoms with E-state index in [2.05, 4.69) is 25.8 Å². The van der Waals surface area contributed by atoms with E-state index in [1.54, 1.807) is 24.3 Å². The van der Waals surface area contributed by atoms with Gasteiger partial charge in [-0.3, -0.25) is 0 Å². The number of hydrogen-bond donors (Lipinski definition) is 3. The molecule has 2 N–H and O–H groups in total. The van der Waals surface area contributed by atoms with Crippen LogP contribution in [0.3, 0.4) is 0 Å². The Morgan fingerprint density at radius 2 is 1.77 bits per heavy atom. The lowest BCUT2D eigenvalue weighted by atomic mass is 9.95. The van der Waals surface area contributed by atoms with Crippen molar-refractivity contribution in [3.63, 3.8) is 0 Å². The summed E-state index contributed by atoms with van der Waals surface area (Å²) in [5, 5.41) is 20.5. The minimum absolute atomic E-state index is 0.214. The first-order valence-electron chi connectivity index (χ1n) is 7.08. The fourth-order valence-electron chi connectivity index (χ4n) is 2.50. The SMILES string of the molecule is C=CCc1cc(-c2cc(C)c(S)c(CC=C)c2O)ccc1O. The number of thiol groups is 1. The van der Waals surface area contributed by atoms with Crippen molar-refractivity contribution in [2.75, 3.05) is 0 Å². The summed E-state index contributed by atoms with van der Waals surface area (Å²) in [4.78, 5) is 0.784. The first kappa shape index (κ1) is 16.2. The van der Waals surface area contributed by atoms with Crippen molar-refractivity contribution in [3.8, 4) is 22.6 Å². The molecule has 2 aromatic carbocycles. The molecule has 0 saturated carbocycles. The second-order valence-electron chi connectivity index (χ2n) is 5.25. The minimum Gasteiger partial charge on any atom is -0.508 e. The Labute approximate surface area is 136 Å². The molecule has 2 aromatic rings. The third-order valence-electron chi connectivity index (χ3n) is 3.66. The number of aromatic hydroxyl groups is 2. The number of phenols is 2. The molecule has 0 bridgehead atoms. The fourth-order valence-corrected chi connectivity index (χ4v) is 2.76. The summed E-state index contributed by atoms with van der Waals surface area (Å²) in [5.74, 6) is 0.447. The molecule has 0 fully saturated rings. The molecule has 0 saturated heterocycles. The second kappa shape index (κ2) is 6.75. The van der Waals surface area contributed by atoms with Crippen LogP contribution >= 0.6 is 12.6 Å². The number of rotatable bonds is 5. The van der Waals surface area contributed by atoms with E-state index in [1.807, 2.05) is 19.1 Å². The average Bonchev–Trinajstić information content (AvgIpc) is 2.50. The predicted octanol–water partition coefficient (Wildman–Crippen LogP) is 4.82. The summed E-state index contributed by atoms with van der Waals surface area (Å²) in [6.45, 7) is 9.39. The van der Waals surface area contributed by atoms with Gasteiger partial charge in [0, 0.05) is 16.0 Å². The normalized spacial score (nSPS) is 10.5. The zero-order valence-corrected chi connectivity index (χ0v) is 13.5. The van der Waals surface area contributed by atoms with Gasteiger partial charge in [-0.2, -0.15) is 0 Å². The maximum Gasteiger partial charge on any atom is 0.128 e. The van der Waals surface area contributed by atoms with Crippen LogP contribution in [0.25, 0.3) is 11.1 Å². The van der Waals surface area contributed by atoms with Gasteiger partial charge in [0.25, 0.3) is 0 Å². The van der Waals surface area contributed by atoms with Crippen molar-refractivity contribution in [2.45, 2.75) is 24.7 Å². The lowest BCUT2D eigenvalue weighted by Crippen LogP contribution is -1.93. The summed E-state index contributed by atoms with van der Waals surface area (Å²) in [5.41, 5.74) is 4.13. The van der Waals surface area contributed by atoms with Gasteiger partial charge < -0.3 is 10.2 Å². The molecule has 0 aromatic heterocycles. The van der Waals surface area contributed by atoms with Crippen LogP contribution in [0.15, 0.2) is 54.5 Å². The number of allylic oxidation sites excluding steroid dienone is 2. The van der Waals surface area contributed by atoms with Crippen LogP contribution in [0.1, 0.15) is 16.7 Å². The van der Waals surface area contributed by atoms with Gasteiger partial charge in [0.1, 0.15) is 11.5 Å². The minimum atomic E-state index is 0.214. The Balaban J connectivity index is 2.64. The topological polar surface area (TPSA) is 40.5 Å². The van der Waals surface area contributed by atoms with Crippen molar-refractivity contribution in [1.29, 1.82) is 0 Å². The zero-order valence-electron chi connectivity index (χ0n) is 12.6. The summed E-state index contributed by atoms with van der Waals surface area (Å²) >= 11 is 4.48. The number of hydrogen-bond acceptors (Lipinski definition) is 3. The molecule has 0 spiro atoms. The molecule has 0 heterocycles. The average molecular weight is 312 g/mol. The van der Waals surface area contributed by atoms with E-state index in [9.17, 15) is 10.2 Å².